The Bertz CT molecular complexity index is 952. The number of rotatable bonds is 14. The van der Waals surface area contributed by atoms with E-state index in [0.29, 0.717) is 18.9 Å². The molecule has 2 amide bonds. The van der Waals surface area contributed by atoms with E-state index >= 15 is 0 Å². The minimum atomic E-state index is -0.669. The first kappa shape index (κ1) is 30.4. The molecule has 204 valence electrons. The van der Waals surface area contributed by atoms with E-state index in [-0.39, 0.29) is 17.9 Å². The Labute approximate surface area is 224 Å². The van der Waals surface area contributed by atoms with Crippen molar-refractivity contribution in [3.05, 3.63) is 65.7 Å². The van der Waals surface area contributed by atoms with Crippen molar-refractivity contribution < 1.29 is 14.3 Å². The maximum absolute atomic E-state index is 13.5. The molecule has 0 unspecified atom stereocenters. The number of carbonyl (C=O) groups excluding carboxylic acids is 2. The van der Waals surface area contributed by atoms with Gasteiger partial charge in [0.1, 0.15) is 18.4 Å². The number of carbonyl (C=O) groups is 2. The van der Waals surface area contributed by atoms with Crippen LogP contribution in [-0.4, -0.2) is 47.9 Å². The van der Waals surface area contributed by atoms with E-state index in [1.807, 2.05) is 82.4 Å². The minimum absolute atomic E-state index is 0.0934. The number of hydrogen-bond donors (Lipinski definition) is 2. The van der Waals surface area contributed by atoms with E-state index < -0.39 is 11.6 Å². The molecule has 0 aromatic heterocycles. The van der Waals surface area contributed by atoms with Crippen molar-refractivity contribution in [2.75, 3.05) is 13.6 Å². The number of nitrogens with one attached hydrogen (secondary N) is 2. The molecule has 0 fully saturated rings. The molecule has 0 bridgehead atoms. The molecule has 0 saturated carbocycles. The molecule has 2 aromatic rings. The predicted octanol–water partition coefficient (Wildman–Crippen LogP) is 5.35. The van der Waals surface area contributed by atoms with Gasteiger partial charge in [0.05, 0.1) is 6.04 Å². The van der Waals surface area contributed by atoms with E-state index in [9.17, 15) is 9.59 Å². The van der Waals surface area contributed by atoms with Gasteiger partial charge in [-0.15, -0.1) is 0 Å². The molecule has 0 radical (unpaired) electrons. The summed E-state index contributed by atoms with van der Waals surface area (Å²) in [7, 11) is 2.00. The lowest BCUT2D eigenvalue weighted by atomic mass is 9.99. The molecule has 0 heterocycles. The summed E-state index contributed by atoms with van der Waals surface area (Å²) in [5, 5.41) is 6.13. The maximum Gasteiger partial charge on any atom is 0.243 e. The predicted molar refractivity (Wildman–Crippen MR) is 152 cm³/mol. The summed E-state index contributed by atoms with van der Waals surface area (Å²) in [5.74, 6) is 0.862. The topological polar surface area (TPSA) is 70.7 Å². The number of amides is 2. The molecular weight excluding hydrogens is 462 g/mol. The zero-order chi connectivity index (χ0) is 27.4. The third-order valence-electron chi connectivity index (χ3n) is 6.14. The fourth-order valence-electron chi connectivity index (χ4n) is 4.13. The fourth-order valence-corrected chi connectivity index (χ4v) is 4.13. The van der Waals surface area contributed by atoms with Crippen LogP contribution in [0.25, 0.3) is 0 Å². The number of likely N-dealkylation sites (N-methyl/N-ethyl adjacent to an activating group) is 1. The molecule has 6 nitrogen and oxygen atoms in total. The van der Waals surface area contributed by atoms with E-state index in [1.54, 1.807) is 0 Å². The van der Waals surface area contributed by atoms with Crippen LogP contribution in [0.4, 0.5) is 0 Å². The molecular formula is C31H47N3O3. The van der Waals surface area contributed by atoms with Gasteiger partial charge in [-0.25, -0.2) is 0 Å². The van der Waals surface area contributed by atoms with Crippen molar-refractivity contribution in [1.29, 1.82) is 0 Å². The average Bonchev–Trinajstić information content (AvgIpc) is 2.84. The number of benzene rings is 2. The standard InChI is InChI=1S/C31H47N3O3/c1-8-9-19-34(7)28(20-23(2)3)30(36)32-27(29(35)33-31(4,5)6)21-24-15-17-26(18-16-24)37-22-25-13-11-10-12-14-25/h10-18,23,27-28H,8-9,19-22H2,1-7H3,(H,32,36)(H,33,35)/t27-,28+/m0/s1. The largest absolute Gasteiger partial charge is 0.489 e. The van der Waals surface area contributed by atoms with Gasteiger partial charge in [0, 0.05) is 12.0 Å². The molecule has 2 rings (SSSR count). The normalized spacial score (nSPS) is 13.3. The summed E-state index contributed by atoms with van der Waals surface area (Å²) in [6.45, 7) is 13.6. The first-order chi connectivity index (χ1) is 17.5. The lowest BCUT2D eigenvalue weighted by Crippen LogP contribution is -2.56. The highest BCUT2D eigenvalue weighted by molar-refractivity contribution is 5.90. The number of nitrogens with zero attached hydrogens (tertiary/aromatic N) is 1. The van der Waals surface area contributed by atoms with Crippen molar-refractivity contribution in [2.45, 2.75) is 91.5 Å². The maximum atomic E-state index is 13.5. The van der Waals surface area contributed by atoms with Crippen LogP contribution in [0.5, 0.6) is 5.75 Å². The molecule has 0 aliphatic heterocycles. The van der Waals surface area contributed by atoms with E-state index in [0.717, 1.165) is 42.7 Å². The van der Waals surface area contributed by atoms with Gasteiger partial charge in [0.25, 0.3) is 0 Å². The number of hydrogen-bond acceptors (Lipinski definition) is 4. The summed E-state index contributed by atoms with van der Waals surface area (Å²) in [6, 6.07) is 16.8. The summed E-state index contributed by atoms with van der Waals surface area (Å²) in [5.41, 5.74) is 1.67. The van der Waals surface area contributed by atoms with Crippen LogP contribution >= 0.6 is 0 Å². The van der Waals surface area contributed by atoms with Gasteiger partial charge in [-0.3, -0.25) is 14.5 Å². The lowest BCUT2D eigenvalue weighted by molar-refractivity contribution is -0.132. The van der Waals surface area contributed by atoms with Gasteiger partial charge in [-0.05, 0) is 76.4 Å². The van der Waals surface area contributed by atoms with Crippen LogP contribution in [0.3, 0.4) is 0 Å². The van der Waals surface area contributed by atoms with E-state index in [4.69, 9.17) is 4.74 Å². The van der Waals surface area contributed by atoms with Crippen molar-refractivity contribution in [3.8, 4) is 5.75 Å². The molecule has 2 atom stereocenters. The Hall–Kier alpha value is -2.86. The van der Waals surface area contributed by atoms with Crippen LogP contribution < -0.4 is 15.4 Å². The van der Waals surface area contributed by atoms with Gasteiger partial charge < -0.3 is 15.4 Å². The Balaban J connectivity index is 2.14. The highest BCUT2D eigenvalue weighted by Gasteiger charge is 2.30. The Morgan fingerprint density at radius 3 is 2.16 bits per heavy atom. The van der Waals surface area contributed by atoms with Crippen molar-refractivity contribution in [2.24, 2.45) is 5.92 Å². The minimum Gasteiger partial charge on any atom is -0.489 e. The highest BCUT2D eigenvalue weighted by atomic mass is 16.5. The SMILES string of the molecule is CCCCN(C)[C@H](CC(C)C)C(=O)N[C@@H](Cc1ccc(OCc2ccccc2)cc1)C(=O)NC(C)(C)C. The molecule has 6 heteroatoms. The smallest absolute Gasteiger partial charge is 0.243 e. The van der Waals surface area contributed by atoms with E-state index in [1.165, 1.54) is 0 Å². The molecule has 0 aliphatic rings. The third kappa shape index (κ3) is 11.4. The fraction of sp³-hybridized carbons (Fsp3) is 0.548. The van der Waals surface area contributed by atoms with E-state index in [2.05, 4.69) is 36.3 Å². The van der Waals surface area contributed by atoms with Gasteiger partial charge in [0.15, 0.2) is 0 Å². The van der Waals surface area contributed by atoms with Crippen LogP contribution in [-0.2, 0) is 22.6 Å². The number of ether oxygens (including phenoxy) is 1. The monoisotopic (exact) mass is 509 g/mol. The zero-order valence-corrected chi connectivity index (χ0v) is 23.8. The van der Waals surface area contributed by atoms with Gasteiger partial charge >= 0.3 is 0 Å². The Morgan fingerprint density at radius 2 is 1.59 bits per heavy atom. The van der Waals surface area contributed by atoms with Gasteiger partial charge in [0.2, 0.25) is 11.8 Å². The van der Waals surface area contributed by atoms with Crippen molar-refractivity contribution in [3.63, 3.8) is 0 Å². The highest BCUT2D eigenvalue weighted by Crippen LogP contribution is 2.17. The van der Waals surface area contributed by atoms with Crippen LogP contribution in [0.15, 0.2) is 54.6 Å². The van der Waals surface area contributed by atoms with Crippen molar-refractivity contribution >= 4 is 11.8 Å². The number of unbranched alkanes of at least 4 members (excludes halogenated alkanes) is 1. The quantitative estimate of drug-likeness (QED) is 0.360. The Morgan fingerprint density at radius 1 is 0.946 bits per heavy atom. The van der Waals surface area contributed by atoms with Crippen LogP contribution in [0.1, 0.15) is 71.9 Å². The van der Waals surface area contributed by atoms with Crippen LogP contribution in [0.2, 0.25) is 0 Å². The second-order valence-corrected chi connectivity index (χ2v) is 11.4. The average molecular weight is 510 g/mol. The lowest BCUT2D eigenvalue weighted by Gasteiger charge is -2.31. The summed E-state index contributed by atoms with van der Waals surface area (Å²) in [6.07, 6.45) is 3.25. The zero-order valence-electron chi connectivity index (χ0n) is 23.8. The van der Waals surface area contributed by atoms with Gasteiger partial charge in [-0.2, -0.15) is 0 Å². The molecule has 0 saturated heterocycles. The van der Waals surface area contributed by atoms with Crippen molar-refractivity contribution in [1.82, 2.24) is 15.5 Å². The van der Waals surface area contributed by atoms with Crippen LogP contribution in [0, 0.1) is 5.92 Å². The summed E-state index contributed by atoms with van der Waals surface area (Å²) >= 11 is 0. The summed E-state index contributed by atoms with van der Waals surface area (Å²) in [4.78, 5) is 28.8. The first-order valence-corrected chi connectivity index (χ1v) is 13.6. The molecule has 2 aromatic carbocycles. The molecule has 0 spiro atoms. The van der Waals surface area contributed by atoms with Gasteiger partial charge in [-0.1, -0.05) is 69.7 Å². The first-order valence-electron chi connectivity index (χ1n) is 13.6. The molecule has 0 aliphatic carbocycles. The molecule has 37 heavy (non-hydrogen) atoms. The Kier molecular flexibility index (Phi) is 12.1. The molecule has 2 N–H and O–H groups in total. The second kappa shape index (κ2) is 14.8. The third-order valence-corrected chi connectivity index (χ3v) is 6.14. The second-order valence-electron chi connectivity index (χ2n) is 11.4. The summed E-state index contributed by atoms with van der Waals surface area (Å²) < 4.78 is 5.90.